The first-order valence-electron chi connectivity index (χ1n) is 8.05. The van der Waals surface area contributed by atoms with Crippen LogP contribution in [0.25, 0.3) is 10.2 Å². The number of carbonyl (C=O) groups excluding carboxylic acids is 1. The van der Waals surface area contributed by atoms with Crippen molar-refractivity contribution < 1.29 is 23.0 Å². The molecule has 27 heavy (non-hydrogen) atoms. The normalized spacial score (nSPS) is 11.0. The molecule has 0 spiro atoms. The van der Waals surface area contributed by atoms with Gasteiger partial charge in [0.1, 0.15) is 0 Å². The lowest BCUT2D eigenvalue weighted by molar-refractivity contribution is -0.118. The second-order valence-electron chi connectivity index (χ2n) is 5.24. The third kappa shape index (κ3) is 5.30. The smallest absolute Gasteiger partial charge is 0.288 e. The van der Waals surface area contributed by atoms with Crippen molar-refractivity contribution in [3.05, 3.63) is 42.5 Å². The van der Waals surface area contributed by atoms with Gasteiger partial charge in [-0.25, -0.2) is 4.98 Å². The zero-order valence-corrected chi connectivity index (χ0v) is 15.9. The van der Waals surface area contributed by atoms with E-state index < -0.39 is 5.76 Å². The lowest BCUT2D eigenvalue weighted by Crippen LogP contribution is -2.20. The summed E-state index contributed by atoms with van der Waals surface area (Å²) < 4.78 is 36.6. The Morgan fingerprint density at radius 2 is 1.96 bits per heavy atom. The van der Waals surface area contributed by atoms with Gasteiger partial charge in [0.15, 0.2) is 23.2 Å². The number of amides is 1. The topological polar surface area (TPSA) is 60.5 Å². The van der Waals surface area contributed by atoms with Crippen LogP contribution in [-0.2, 0) is 4.79 Å². The average molecular weight is 410 g/mol. The van der Waals surface area contributed by atoms with Crippen molar-refractivity contribution in [3.8, 4) is 11.5 Å². The summed E-state index contributed by atoms with van der Waals surface area (Å²) in [6, 6.07) is 12.0. The maximum atomic E-state index is 12.5. The Morgan fingerprint density at radius 1 is 1.22 bits per heavy atom. The molecule has 0 aliphatic heterocycles. The fourth-order valence-corrected chi connectivity index (χ4v) is 3.81. The van der Waals surface area contributed by atoms with Crippen molar-refractivity contribution in [2.45, 2.75) is 17.6 Å². The third-order valence-corrected chi connectivity index (χ3v) is 4.98. The molecule has 5 nitrogen and oxygen atoms in total. The summed E-state index contributed by atoms with van der Waals surface area (Å²) in [5.41, 5.74) is 0.636. The molecule has 1 N–H and O–H groups in total. The monoisotopic (exact) mass is 410 g/mol. The van der Waals surface area contributed by atoms with Crippen LogP contribution in [0.3, 0.4) is 0 Å². The van der Waals surface area contributed by atoms with E-state index in [9.17, 15) is 13.6 Å². The molecule has 9 heteroatoms. The van der Waals surface area contributed by atoms with Crippen LogP contribution in [0.1, 0.15) is 6.92 Å². The minimum Gasteiger partial charge on any atom is -0.490 e. The van der Waals surface area contributed by atoms with E-state index in [-0.39, 0.29) is 12.5 Å². The molecule has 142 valence electrons. The van der Waals surface area contributed by atoms with E-state index in [0.29, 0.717) is 45.4 Å². The highest BCUT2D eigenvalue weighted by Crippen LogP contribution is 2.32. The zero-order valence-electron chi connectivity index (χ0n) is 14.3. The SMILES string of the molecule is CCOc1ccccc1OCC(=O)Nc1nc2ccc(SC(F)F)cc2s1. The summed E-state index contributed by atoms with van der Waals surface area (Å²) in [6.07, 6.45) is 0. The van der Waals surface area contributed by atoms with Crippen LogP contribution in [0.15, 0.2) is 47.4 Å². The quantitative estimate of drug-likeness (QED) is 0.528. The maximum absolute atomic E-state index is 12.5. The molecule has 2 aromatic carbocycles. The fourth-order valence-electron chi connectivity index (χ4n) is 2.28. The van der Waals surface area contributed by atoms with Gasteiger partial charge in [-0.3, -0.25) is 10.1 Å². The number of nitrogens with one attached hydrogen (secondary N) is 1. The van der Waals surface area contributed by atoms with Gasteiger partial charge in [-0.15, -0.1) is 0 Å². The molecule has 1 amide bonds. The van der Waals surface area contributed by atoms with Gasteiger partial charge in [0.05, 0.1) is 16.8 Å². The van der Waals surface area contributed by atoms with Crippen molar-refractivity contribution in [3.63, 3.8) is 0 Å². The van der Waals surface area contributed by atoms with E-state index >= 15 is 0 Å². The summed E-state index contributed by atoms with van der Waals surface area (Å²) in [5, 5.41) is 3.05. The first-order chi connectivity index (χ1) is 13.0. The van der Waals surface area contributed by atoms with Crippen molar-refractivity contribution >= 4 is 44.4 Å². The number of anilines is 1. The highest BCUT2D eigenvalue weighted by Gasteiger charge is 2.12. The van der Waals surface area contributed by atoms with Crippen molar-refractivity contribution in [1.29, 1.82) is 0 Å². The molecule has 0 unspecified atom stereocenters. The van der Waals surface area contributed by atoms with Crippen LogP contribution in [0.4, 0.5) is 13.9 Å². The number of para-hydroxylation sites is 2. The minimum atomic E-state index is -2.48. The second kappa shape index (κ2) is 9.01. The summed E-state index contributed by atoms with van der Waals surface area (Å²) >= 11 is 1.69. The van der Waals surface area contributed by atoms with E-state index in [0.717, 1.165) is 4.70 Å². The fraction of sp³-hybridized carbons (Fsp3) is 0.222. The van der Waals surface area contributed by atoms with Gasteiger partial charge in [0.25, 0.3) is 11.7 Å². The number of thioether (sulfide) groups is 1. The molecule has 0 saturated carbocycles. The lowest BCUT2D eigenvalue weighted by Gasteiger charge is -2.10. The molecule has 0 atom stereocenters. The van der Waals surface area contributed by atoms with Gasteiger partial charge in [-0.05, 0) is 37.3 Å². The highest BCUT2D eigenvalue weighted by molar-refractivity contribution is 7.99. The van der Waals surface area contributed by atoms with Gasteiger partial charge >= 0.3 is 0 Å². The molecule has 0 fully saturated rings. The Labute approximate surface area is 162 Å². The summed E-state index contributed by atoms with van der Waals surface area (Å²) in [4.78, 5) is 16.9. The third-order valence-electron chi connectivity index (χ3n) is 3.34. The number of rotatable bonds is 8. The Morgan fingerprint density at radius 3 is 2.67 bits per heavy atom. The molecule has 3 aromatic rings. The van der Waals surface area contributed by atoms with E-state index in [4.69, 9.17) is 9.47 Å². The van der Waals surface area contributed by atoms with E-state index in [1.54, 1.807) is 36.4 Å². The molecule has 0 aliphatic rings. The van der Waals surface area contributed by atoms with Crippen LogP contribution in [0.5, 0.6) is 11.5 Å². The number of hydrogen-bond donors (Lipinski definition) is 1. The van der Waals surface area contributed by atoms with E-state index in [1.807, 2.05) is 13.0 Å². The number of benzene rings is 2. The summed E-state index contributed by atoms with van der Waals surface area (Å²) in [5.74, 6) is -1.81. The summed E-state index contributed by atoms with van der Waals surface area (Å²) in [7, 11) is 0. The number of thiazole rings is 1. The van der Waals surface area contributed by atoms with Gasteiger partial charge < -0.3 is 9.47 Å². The Kier molecular flexibility index (Phi) is 6.46. The lowest BCUT2D eigenvalue weighted by atomic mass is 10.3. The van der Waals surface area contributed by atoms with Crippen LogP contribution < -0.4 is 14.8 Å². The largest absolute Gasteiger partial charge is 0.490 e. The number of alkyl halides is 2. The van der Waals surface area contributed by atoms with Gasteiger partial charge in [0.2, 0.25) is 0 Å². The van der Waals surface area contributed by atoms with Crippen molar-refractivity contribution in [2.24, 2.45) is 0 Å². The number of nitrogens with zero attached hydrogens (tertiary/aromatic N) is 1. The second-order valence-corrected chi connectivity index (χ2v) is 7.34. The molecule has 0 saturated heterocycles. The number of fused-ring (bicyclic) bond motifs is 1. The number of hydrogen-bond acceptors (Lipinski definition) is 6. The van der Waals surface area contributed by atoms with Gasteiger partial charge in [0, 0.05) is 4.90 Å². The molecule has 0 bridgehead atoms. The zero-order chi connectivity index (χ0) is 19.2. The van der Waals surface area contributed by atoms with Crippen molar-refractivity contribution in [2.75, 3.05) is 18.5 Å². The van der Waals surface area contributed by atoms with Gasteiger partial charge in [-0.2, -0.15) is 8.78 Å². The van der Waals surface area contributed by atoms with E-state index in [2.05, 4.69) is 10.3 Å². The number of ether oxygens (including phenoxy) is 2. The van der Waals surface area contributed by atoms with Crippen LogP contribution in [0.2, 0.25) is 0 Å². The highest BCUT2D eigenvalue weighted by atomic mass is 32.2. The van der Waals surface area contributed by atoms with Gasteiger partial charge in [-0.1, -0.05) is 35.2 Å². The Balaban J connectivity index is 1.62. The predicted octanol–water partition coefficient (Wildman–Crippen LogP) is 5.03. The minimum absolute atomic E-state index is 0.202. The predicted molar refractivity (Wildman–Crippen MR) is 103 cm³/mol. The molecular weight excluding hydrogens is 394 g/mol. The number of halogens is 2. The maximum Gasteiger partial charge on any atom is 0.288 e. The average Bonchev–Trinajstić information content (AvgIpc) is 3.02. The number of aromatic nitrogens is 1. The molecule has 1 aromatic heterocycles. The molecule has 0 aliphatic carbocycles. The van der Waals surface area contributed by atoms with Crippen LogP contribution in [-0.4, -0.2) is 29.9 Å². The molecule has 0 radical (unpaired) electrons. The summed E-state index contributed by atoms with van der Waals surface area (Å²) in [6.45, 7) is 2.15. The number of carbonyl (C=O) groups is 1. The molecule has 3 rings (SSSR count). The first kappa shape index (κ1) is 19.4. The standard InChI is InChI=1S/C18H16F2N2O3S2/c1-2-24-13-5-3-4-6-14(13)25-10-16(23)22-18-21-12-8-7-11(26-17(19)20)9-15(12)27-18/h3-9,17H,2,10H2,1H3,(H,21,22,23). The van der Waals surface area contributed by atoms with Crippen LogP contribution in [0, 0.1) is 0 Å². The van der Waals surface area contributed by atoms with Crippen LogP contribution >= 0.6 is 23.1 Å². The molecule has 1 heterocycles. The van der Waals surface area contributed by atoms with E-state index in [1.165, 1.54) is 11.3 Å². The Bertz CT molecular complexity index is 934. The molecular formula is C18H16F2N2O3S2. The van der Waals surface area contributed by atoms with Crippen molar-refractivity contribution in [1.82, 2.24) is 4.98 Å². The first-order valence-corrected chi connectivity index (χ1v) is 9.74. The Hall–Kier alpha value is -2.39.